The maximum atomic E-state index is 14.7. The van der Waals surface area contributed by atoms with Crippen LogP contribution in [0, 0.1) is 11.3 Å². The predicted octanol–water partition coefficient (Wildman–Crippen LogP) is 2.60. The Balaban J connectivity index is 0.731. The number of nitrogens with two attached hydrogens (primary N) is 3. The molecule has 8 heterocycles. The number of hydrogen-bond acceptors (Lipinski definition) is 28. The number of piperidine rings is 2. The number of amides is 10. The van der Waals surface area contributed by atoms with E-state index in [0.717, 1.165) is 42.4 Å². The third kappa shape index (κ3) is 29.8. The van der Waals surface area contributed by atoms with Crippen molar-refractivity contribution in [3.8, 4) is 17.1 Å². The summed E-state index contributed by atoms with van der Waals surface area (Å²) in [5.41, 5.74) is 18.2. The summed E-state index contributed by atoms with van der Waals surface area (Å²) in [5.74, 6) is -7.82. The number of nitrogens with one attached hydrogen (secondary N) is 11. The van der Waals surface area contributed by atoms with Crippen molar-refractivity contribution in [3.63, 3.8) is 0 Å². The SMILES string of the molecule is CCC(=N)CCCCC(NC(=O)OC(C)(C)C)C(=O)N1CCCC1C(=O)NC(C)C(=O)NC(CCCNC(N)NC)C(=O)N1CCCC1C(=O)CC(C)C(=O)NC(CCCNC(N)=NC)C(=O)NCCOCCOCC(=O)N[C@@H](CCCCN)C(=O)NCC(=O)O[C@]1(CC)C(=O)OCc2c1cc1n(c2=O)Cc2c-1nc1ccc(OC(=O)N3CCC(N4CCCCC4)CC3)cc1c2CC. The highest BCUT2D eigenvalue weighted by Crippen LogP contribution is 2.43. The minimum Gasteiger partial charge on any atom is -0.457 e. The van der Waals surface area contributed by atoms with Gasteiger partial charge in [0.1, 0.15) is 73.6 Å². The standard InChI is InChI=1S/C92H143N21O20/c1-11-58(94)25-15-16-27-70(108-89(126)133-91(6,7)8)85(124)112-43-24-31-72(112)82(121)103-57(5)79(118)107-69(29-22-38-101-88(96)98-10)84(123)111-42-23-30-71(111)74(114)49-56(4)78(117)106-68(28-21-37-100-87(95)97-9)80(119)99-39-46-128-47-48-129-55-75(115)104-67(26-17-18-36-93)81(120)102-52-76(116)132-92(13-3)65-51-73-77-63(53-113(73)83(122)64(65)54-130-86(92)125)61(12-2)62-50-60(32-33-66(62)105-77)131-90(127)110-44-34-59(35-45-110)109-40-19-14-20-41-109/h32-33,50-51,56-57,59,67-72,88,94,98,101H,11-31,34-49,52-55,93,96H2,1-10H3,(H,99,119)(H,102,120)(H,103,121)(H,104,115)(H,106,117)(H,107,118)(H,108,126)(H3,95,97,100)/t56?,57?,67-,68?,69?,70?,71?,72?,88?,92-/m0/s1. The Bertz CT molecular complexity index is 4660. The fourth-order valence-electron chi connectivity index (χ4n) is 17.8. The highest BCUT2D eigenvalue weighted by atomic mass is 16.6. The first-order valence-corrected chi connectivity index (χ1v) is 47.4. The third-order valence-electron chi connectivity index (χ3n) is 25.3. The second-order valence-corrected chi connectivity index (χ2v) is 36.0. The number of pyridine rings is 2. The molecule has 6 aliphatic heterocycles. The van der Waals surface area contributed by atoms with Crippen molar-refractivity contribution in [3.05, 3.63) is 56.9 Å². The number of cyclic esters (lactones) is 1. The molecule has 3 aromatic rings. The first-order chi connectivity index (χ1) is 63.7. The van der Waals surface area contributed by atoms with Gasteiger partial charge in [0.15, 0.2) is 11.7 Å². The molecule has 10 atom stereocenters. The van der Waals surface area contributed by atoms with E-state index in [-0.39, 0.29) is 128 Å². The highest BCUT2D eigenvalue weighted by Gasteiger charge is 2.51. The van der Waals surface area contributed by atoms with Crippen molar-refractivity contribution in [1.82, 2.24) is 82.3 Å². The Labute approximate surface area is 777 Å². The summed E-state index contributed by atoms with van der Waals surface area (Å²) in [6.45, 7) is 16.6. The molecule has 4 saturated heterocycles. The quantitative estimate of drug-likeness (QED) is 0.00754. The Morgan fingerprint density at radius 2 is 1.34 bits per heavy atom. The normalized spacial score (nSPS) is 19.0. The average Bonchev–Trinajstić information content (AvgIpc) is 1.52. The zero-order valence-electron chi connectivity index (χ0n) is 79.1. The summed E-state index contributed by atoms with van der Waals surface area (Å²) >= 11 is 0. The number of carbonyl (C=O) groups is 13. The maximum Gasteiger partial charge on any atom is 0.415 e. The van der Waals surface area contributed by atoms with E-state index < -0.39 is 162 Å². The van der Waals surface area contributed by atoms with Crippen molar-refractivity contribution in [2.24, 2.45) is 28.1 Å². The predicted molar refractivity (Wildman–Crippen MR) is 495 cm³/mol. The van der Waals surface area contributed by atoms with Gasteiger partial charge >= 0.3 is 24.1 Å². The first kappa shape index (κ1) is 106. The number of likely N-dealkylation sites (tertiary alicyclic amines) is 4. The number of ketones is 1. The number of carbonyl (C=O) groups excluding carboxylic acids is 13. The molecule has 0 bridgehead atoms. The molecule has 133 heavy (non-hydrogen) atoms. The number of unbranched alkanes of at least 4 members (excludes halogenated alkanes) is 2. The molecule has 8 unspecified atom stereocenters. The second-order valence-electron chi connectivity index (χ2n) is 36.0. The molecule has 6 aliphatic rings. The van der Waals surface area contributed by atoms with Crippen LogP contribution < -0.4 is 80.7 Å². The van der Waals surface area contributed by atoms with Crippen molar-refractivity contribution in [1.29, 1.82) is 5.41 Å². The Morgan fingerprint density at radius 3 is 2.02 bits per heavy atom. The minimum absolute atomic E-state index is 0.0258. The van der Waals surface area contributed by atoms with Crippen LogP contribution in [0.4, 0.5) is 9.59 Å². The van der Waals surface area contributed by atoms with Crippen molar-refractivity contribution in [2.75, 3.05) is 113 Å². The molecule has 9 rings (SSSR count). The van der Waals surface area contributed by atoms with E-state index in [1.54, 1.807) is 68.5 Å². The van der Waals surface area contributed by atoms with E-state index in [1.807, 2.05) is 13.8 Å². The molecule has 736 valence electrons. The van der Waals surface area contributed by atoms with Gasteiger partial charge in [-0.25, -0.2) is 19.4 Å². The van der Waals surface area contributed by atoms with Crippen molar-refractivity contribution in [2.45, 2.75) is 288 Å². The number of aliphatic imine (C=N–C) groups is 1. The second kappa shape index (κ2) is 51.6. The van der Waals surface area contributed by atoms with E-state index in [2.05, 4.69) is 63.1 Å². The number of alkyl carbamates (subject to hydrolysis) is 1. The van der Waals surface area contributed by atoms with Gasteiger partial charge in [-0.05, 0) is 226 Å². The van der Waals surface area contributed by atoms with E-state index in [0.29, 0.717) is 131 Å². The summed E-state index contributed by atoms with van der Waals surface area (Å²) in [4.78, 5) is 212. The number of nitrogens with zero attached hydrogens (tertiary/aromatic N) is 7. The van der Waals surface area contributed by atoms with Crippen LogP contribution in [0.25, 0.3) is 22.3 Å². The van der Waals surface area contributed by atoms with Gasteiger partial charge in [-0.2, -0.15) is 0 Å². The summed E-state index contributed by atoms with van der Waals surface area (Å²) in [7, 11) is 3.16. The first-order valence-electron chi connectivity index (χ1n) is 47.4. The van der Waals surface area contributed by atoms with Crippen LogP contribution in [0.5, 0.6) is 5.75 Å². The zero-order chi connectivity index (χ0) is 96.6. The molecule has 4 fully saturated rings. The number of esters is 2. The molecule has 1 aromatic carbocycles. The van der Waals surface area contributed by atoms with Gasteiger partial charge in [0.2, 0.25) is 52.9 Å². The van der Waals surface area contributed by atoms with Crippen LogP contribution in [-0.4, -0.2) is 291 Å². The number of rotatable bonds is 50. The van der Waals surface area contributed by atoms with Crippen LogP contribution in [0.2, 0.25) is 0 Å². The number of aryl methyl sites for hydroxylation is 1. The summed E-state index contributed by atoms with van der Waals surface area (Å²) in [6, 6.07) is -0.276. The van der Waals surface area contributed by atoms with Gasteiger partial charge in [0.05, 0.1) is 54.9 Å². The summed E-state index contributed by atoms with van der Waals surface area (Å²) < 4.78 is 35.9. The van der Waals surface area contributed by atoms with Crippen molar-refractivity contribution < 1.29 is 90.8 Å². The van der Waals surface area contributed by atoms with E-state index in [4.69, 9.17) is 56.0 Å². The molecule has 41 heteroatoms. The lowest BCUT2D eigenvalue weighted by Crippen LogP contribution is -2.58. The smallest absolute Gasteiger partial charge is 0.415 e. The van der Waals surface area contributed by atoms with Crippen LogP contribution in [0.15, 0.2) is 34.1 Å². The molecular formula is C92H143N21O20. The number of hydrogen-bond donors (Lipinski definition) is 14. The molecule has 0 radical (unpaired) electrons. The lowest BCUT2D eigenvalue weighted by Gasteiger charge is -2.39. The fraction of sp³-hybridized carbons (Fsp3) is 0.685. The van der Waals surface area contributed by atoms with Gasteiger partial charge in [-0.15, -0.1) is 0 Å². The number of fused-ring (bicyclic) bond motifs is 5. The maximum absolute atomic E-state index is 14.7. The Morgan fingerprint density at radius 1 is 0.692 bits per heavy atom. The number of ether oxygens (including phenoxy) is 6. The molecule has 17 N–H and O–H groups in total. The lowest BCUT2D eigenvalue weighted by molar-refractivity contribution is -0.189. The summed E-state index contributed by atoms with van der Waals surface area (Å²) in [6.07, 6.45) is 9.57. The molecule has 0 spiro atoms. The van der Waals surface area contributed by atoms with Crippen LogP contribution in [0.1, 0.15) is 225 Å². The largest absolute Gasteiger partial charge is 0.457 e. The van der Waals surface area contributed by atoms with E-state index in [9.17, 15) is 67.1 Å². The molecule has 0 aliphatic carbocycles. The van der Waals surface area contributed by atoms with Crippen LogP contribution in [0.3, 0.4) is 0 Å². The topological polar surface area (TPSA) is 560 Å². The Hall–Kier alpha value is -10.9. The number of aromatic nitrogens is 2. The fourth-order valence-corrected chi connectivity index (χ4v) is 17.8. The van der Waals surface area contributed by atoms with Gasteiger partial charge in [0.25, 0.3) is 5.56 Å². The van der Waals surface area contributed by atoms with Crippen LogP contribution in [-0.2, 0) is 102 Å². The lowest BCUT2D eigenvalue weighted by atomic mass is 9.85. The molecule has 2 aromatic heterocycles. The monoisotopic (exact) mass is 1860 g/mol. The molecular weight excluding hydrogens is 1720 g/mol. The third-order valence-corrected chi connectivity index (χ3v) is 25.3. The van der Waals surface area contributed by atoms with Gasteiger partial charge in [0, 0.05) is 86.9 Å². The minimum atomic E-state index is -2.10. The number of guanidine groups is 1. The van der Waals surface area contributed by atoms with E-state index >= 15 is 0 Å². The van der Waals surface area contributed by atoms with Gasteiger partial charge in [-0.3, -0.25) is 68.4 Å². The Kier molecular flexibility index (Phi) is 41.0. The molecule has 10 amide bonds. The van der Waals surface area contributed by atoms with E-state index in [1.165, 1.54) is 50.0 Å². The van der Waals surface area contributed by atoms with Gasteiger partial charge in [-0.1, -0.05) is 40.5 Å². The highest BCUT2D eigenvalue weighted by molar-refractivity contribution is 5.99. The van der Waals surface area contributed by atoms with Crippen molar-refractivity contribution >= 4 is 99.7 Å². The van der Waals surface area contributed by atoms with Crippen LogP contribution >= 0.6 is 0 Å². The van der Waals surface area contributed by atoms with Gasteiger partial charge < -0.3 is 118 Å². The summed E-state index contributed by atoms with van der Waals surface area (Å²) in [5, 5.41) is 36.7. The number of Topliss-reactive ketones (excluding diaryl/α,β-unsaturated/α-hetero) is 1. The number of benzene rings is 1. The average molecular weight is 1860 g/mol. The molecule has 0 saturated carbocycles. The molecule has 41 nitrogen and oxygen atoms in total. The zero-order valence-corrected chi connectivity index (χ0v) is 79.1.